The summed E-state index contributed by atoms with van der Waals surface area (Å²) in [4.78, 5) is 19.1. The molecule has 2 aliphatic rings. The molecule has 1 atom stereocenters. The summed E-state index contributed by atoms with van der Waals surface area (Å²) in [6.45, 7) is 28.9. The van der Waals surface area contributed by atoms with Crippen LogP contribution in [0.3, 0.4) is 0 Å². The summed E-state index contributed by atoms with van der Waals surface area (Å²) >= 11 is 0. The number of likely N-dealkylation sites (tertiary alicyclic amines) is 1. The van der Waals surface area contributed by atoms with Crippen LogP contribution in [0.1, 0.15) is 121 Å². The lowest BCUT2D eigenvalue weighted by molar-refractivity contribution is 0.000746. The first-order chi connectivity index (χ1) is 22.7. The second-order valence-corrected chi connectivity index (χ2v) is 22.4. The Kier molecular flexibility index (Phi) is 12.3. The average molecular weight is 701 g/mol. The number of aryl methyl sites for hydroxylation is 1. The van der Waals surface area contributed by atoms with E-state index in [2.05, 4.69) is 46.5 Å². The molecule has 4 rings (SSSR count). The van der Waals surface area contributed by atoms with Crippen molar-refractivity contribution in [1.29, 1.82) is 0 Å². The van der Waals surface area contributed by atoms with E-state index in [1.807, 2.05) is 60.6 Å². The molecule has 1 aromatic heterocycles. The molecule has 0 spiro atoms. The number of nitrogens with zero attached hydrogens (tertiary/aromatic N) is 2. The van der Waals surface area contributed by atoms with Crippen molar-refractivity contribution in [1.82, 2.24) is 9.88 Å². The van der Waals surface area contributed by atoms with Gasteiger partial charge in [-0.3, -0.25) is 4.98 Å². The maximum Gasteiger partial charge on any atom is 0.495 e. The summed E-state index contributed by atoms with van der Waals surface area (Å²) in [5.41, 5.74) is 1.41. The molecule has 2 aliphatic heterocycles. The quantitative estimate of drug-likeness (QED) is 0.171. The molecule has 1 aromatic carbocycles. The van der Waals surface area contributed by atoms with Crippen LogP contribution in [0.2, 0.25) is 16.6 Å². The molecule has 0 aliphatic carbocycles. The van der Waals surface area contributed by atoms with Crippen molar-refractivity contribution in [3.05, 3.63) is 29.7 Å². The van der Waals surface area contributed by atoms with Crippen molar-refractivity contribution in [3.8, 4) is 5.75 Å². The number of fused-ring (bicyclic) bond motifs is 1. The van der Waals surface area contributed by atoms with Crippen molar-refractivity contribution < 1.29 is 32.4 Å². The van der Waals surface area contributed by atoms with Gasteiger partial charge < -0.3 is 28.1 Å². The van der Waals surface area contributed by atoms with E-state index in [9.17, 15) is 4.79 Å². The van der Waals surface area contributed by atoms with Crippen LogP contribution in [0.25, 0.3) is 10.9 Å². The second-order valence-electron chi connectivity index (χ2n) is 17.0. The smallest absolute Gasteiger partial charge is 0.495 e. The molecule has 2 saturated heterocycles. The molecule has 3 heterocycles. The Balaban J connectivity index is 1.64. The maximum atomic E-state index is 15.8. The lowest BCUT2D eigenvalue weighted by Gasteiger charge is -2.42. The number of benzene rings is 1. The lowest BCUT2D eigenvalue weighted by Crippen LogP contribution is -2.51. The number of rotatable bonds is 11. The predicted octanol–water partition coefficient (Wildman–Crippen LogP) is 8.97. The number of carbonyl (C=O) groups excluding carboxylic acids is 1. The van der Waals surface area contributed by atoms with Crippen molar-refractivity contribution in [2.45, 2.75) is 162 Å². The van der Waals surface area contributed by atoms with E-state index >= 15 is 4.39 Å². The first-order valence-electron chi connectivity index (χ1n) is 18.4. The molecule has 49 heavy (non-hydrogen) atoms. The number of hydrogen-bond donors (Lipinski definition) is 0. The zero-order chi connectivity index (χ0) is 36.5. The number of carbonyl (C=O) groups is 1. The fraction of sp³-hybridized carbons (Fsp3) is 0.737. The van der Waals surface area contributed by atoms with Crippen LogP contribution in [0.5, 0.6) is 5.75 Å². The molecule has 2 aromatic rings. The Morgan fingerprint density at radius 1 is 1.04 bits per heavy atom. The minimum absolute atomic E-state index is 0.0959. The fourth-order valence-corrected chi connectivity index (χ4v) is 12.9. The molecule has 2 fully saturated rings. The van der Waals surface area contributed by atoms with Gasteiger partial charge in [0.1, 0.15) is 17.2 Å². The normalized spacial score (nSPS) is 20.1. The molecular weight excluding hydrogens is 638 g/mol. The van der Waals surface area contributed by atoms with Gasteiger partial charge in [-0.05, 0) is 114 Å². The molecule has 0 saturated carbocycles. The zero-order valence-corrected chi connectivity index (χ0v) is 33.5. The van der Waals surface area contributed by atoms with Crippen LogP contribution in [0.15, 0.2) is 18.3 Å². The SMILES string of the molecule is CC(C)[Si](Oc1cc(B2OC(C)(C)C(C)(C)O2)c2c(CCCO[C@@H]3CCCCN(C(=O)OC(C)(C)C)C3)c(F)cnc2c1)(C(C)C)C(C)C. The number of pyridine rings is 1. The van der Waals surface area contributed by atoms with Gasteiger partial charge in [0.2, 0.25) is 0 Å². The number of hydrogen-bond acceptors (Lipinski definition) is 7. The van der Waals surface area contributed by atoms with E-state index in [-0.39, 0.29) is 18.0 Å². The largest absolute Gasteiger partial charge is 0.543 e. The van der Waals surface area contributed by atoms with Gasteiger partial charge in [-0.25, -0.2) is 9.18 Å². The van der Waals surface area contributed by atoms with Crippen LogP contribution in [0.4, 0.5) is 9.18 Å². The number of halogens is 1. The molecular formula is C38H62BFN2O6Si. The lowest BCUT2D eigenvalue weighted by atomic mass is 9.75. The van der Waals surface area contributed by atoms with E-state index in [0.29, 0.717) is 65.6 Å². The minimum Gasteiger partial charge on any atom is -0.543 e. The summed E-state index contributed by atoms with van der Waals surface area (Å²) in [6.07, 6.45) is 4.73. The van der Waals surface area contributed by atoms with Crippen LogP contribution in [0, 0.1) is 5.82 Å². The summed E-state index contributed by atoms with van der Waals surface area (Å²) < 4.78 is 48.0. The first kappa shape index (κ1) is 39.6. The van der Waals surface area contributed by atoms with Crippen molar-refractivity contribution in [2.75, 3.05) is 19.7 Å². The van der Waals surface area contributed by atoms with Crippen molar-refractivity contribution in [2.24, 2.45) is 0 Å². The Labute approximate surface area is 296 Å². The highest BCUT2D eigenvalue weighted by molar-refractivity contribution is 6.78. The fourth-order valence-electron chi connectivity index (χ4n) is 7.62. The molecule has 8 nitrogen and oxygen atoms in total. The summed E-state index contributed by atoms with van der Waals surface area (Å²) in [7, 11) is -3.02. The van der Waals surface area contributed by atoms with Crippen LogP contribution >= 0.6 is 0 Å². The van der Waals surface area contributed by atoms with E-state index in [1.165, 1.54) is 6.20 Å². The van der Waals surface area contributed by atoms with Crippen LogP contribution < -0.4 is 9.89 Å². The molecule has 0 N–H and O–H groups in total. The van der Waals surface area contributed by atoms with Gasteiger partial charge >= 0.3 is 13.2 Å². The first-order valence-corrected chi connectivity index (χ1v) is 20.6. The van der Waals surface area contributed by atoms with E-state index in [4.69, 9.17) is 23.2 Å². The van der Waals surface area contributed by atoms with Gasteiger partial charge in [-0.2, -0.15) is 0 Å². The van der Waals surface area contributed by atoms with Gasteiger partial charge in [0.05, 0.1) is 35.6 Å². The van der Waals surface area contributed by atoms with Crippen LogP contribution in [-0.4, -0.2) is 74.0 Å². The van der Waals surface area contributed by atoms with E-state index in [0.717, 1.165) is 30.5 Å². The molecule has 1 amide bonds. The third-order valence-electron chi connectivity index (χ3n) is 10.7. The monoisotopic (exact) mass is 700 g/mol. The van der Waals surface area contributed by atoms with Gasteiger partial charge in [0.15, 0.2) is 0 Å². The highest BCUT2D eigenvalue weighted by Gasteiger charge is 2.53. The summed E-state index contributed by atoms with van der Waals surface area (Å²) in [5.74, 6) is 0.371. The van der Waals surface area contributed by atoms with Crippen LogP contribution in [-0.2, 0) is 25.2 Å². The highest BCUT2D eigenvalue weighted by Crippen LogP contribution is 2.44. The standard InChI is InChI=1S/C38H62BFN2O6Si/c1-25(2)49(26(3)4,27(5)6)46-29-21-31(39-47-37(10,11)38(12,13)48-39)34-30(32(40)23-41-33(34)22-29)18-16-20-44-28-17-14-15-19-42(24-28)35(43)45-36(7,8)9/h21-23,25-28H,14-20,24H2,1-13H3/t28-/m1/s1. The highest BCUT2D eigenvalue weighted by atomic mass is 28.4. The Bertz CT molecular complexity index is 1420. The Morgan fingerprint density at radius 2 is 1.65 bits per heavy atom. The summed E-state index contributed by atoms with van der Waals surface area (Å²) in [5, 5.41) is 0.710. The molecule has 11 heteroatoms. The van der Waals surface area contributed by atoms with Gasteiger partial charge in [0.25, 0.3) is 8.32 Å². The van der Waals surface area contributed by atoms with Gasteiger partial charge in [-0.15, -0.1) is 0 Å². The number of aromatic nitrogens is 1. The van der Waals surface area contributed by atoms with E-state index in [1.54, 1.807) is 4.90 Å². The van der Waals surface area contributed by atoms with E-state index < -0.39 is 32.2 Å². The number of amides is 1. The topological polar surface area (TPSA) is 79.4 Å². The molecule has 0 radical (unpaired) electrons. The Morgan fingerprint density at radius 3 is 2.22 bits per heavy atom. The third kappa shape index (κ3) is 8.82. The van der Waals surface area contributed by atoms with Gasteiger partial charge in [0, 0.05) is 24.6 Å². The Hall–Kier alpha value is -2.21. The average Bonchev–Trinajstić information content (AvgIpc) is 3.11. The molecule has 0 bridgehead atoms. The summed E-state index contributed by atoms with van der Waals surface area (Å²) in [6, 6.07) is 3.98. The second kappa shape index (κ2) is 15.2. The molecule has 274 valence electrons. The molecule has 0 unspecified atom stereocenters. The van der Waals surface area contributed by atoms with Crippen molar-refractivity contribution in [3.63, 3.8) is 0 Å². The predicted molar refractivity (Wildman–Crippen MR) is 199 cm³/mol. The third-order valence-corrected chi connectivity index (χ3v) is 16.7. The van der Waals surface area contributed by atoms with Crippen molar-refractivity contribution >= 4 is 37.9 Å². The minimum atomic E-state index is -2.30. The maximum absolute atomic E-state index is 15.8. The zero-order valence-electron chi connectivity index (χ0n) is 32.5. The van der Waals surface area contributed by atoms with Gasteiger partial charge in [-0.1, -0.05) is 41.5 Å². The number of ether oxygens (including phenoxy) is 2.